The summed E-state index contributed by atoms with van der Waals surface area (Å²) in [5.41, 5.74) is 3.42. The fourth-order valence-corrected chi connectivity index (χ4v) is 4.69. The van der Waals surface area contributed by atoms with E-state index >= 15 is 0 Å². The Morgan fingerprint density at radius 3 is 2.63 bits per heavy atom. The van der Waals surface area contributed by atoms with Gasteiger partial charge in [-0.25, -0.2) is 4.79 Å². The molecule has 4 rings (SSSR count). The van der Waals surface area contributed by atoms with Crippen LogP contribution in [0.25, 0.3) is 17.3 Å². The second kappa shape index (κ2) is 10.1. The number of benzene rings is 1. The molecule has 10 heteroatoms. The Kier molecular flexibility index (Phi) is 7.11. The standard InChI is InChI=1S/C28H26ClN5O4/c1-28(2)21-12-17(16-31-24(35)14-29)8-9-22(21)34-11-10-18(13-23(28)34)19(15-30)6-5-7-20-25(36)32(3)27(38)33(4)26(20)37/h5-13H,14,16H2,1-4H3,(H,31,35)/p+1. The monoisotopic (exact) mass is 532 g/mol. The van der Waals surface area contributed by atoms with E-state index in [1.807, 2.05) is 30.5 Å². The van der Waals surface area contributed by atoms with Crippen LogP contribution in [0.2, 0.25) is 0 Å². The van der Waals surface area contributed by atoms with E-state index in [-0.39, 0.29) is 22.8 Å². The van der Waals surface area contributed by atoms with Crippen molar-refractivity contribution < 1.29 is 14.5 Å². The van der Waals surface area contributed by atoms with Gasteiger partial charge < -0.3 is 10.4 Å². The average Bonchev–Trinajstić information content (AvgIpc) is 3.14. The Balaban J connectivity index is 1.68. The van der Waals surface area contributed by atoms with Crippen molar-refractivity contribution in [1.29, 1.82) is 5.26 Å². The van der Waals surface area contributed by atoms with E-state index in [4.69, 9.17) is 11.6 Å². The molecule has 38 heavy (non-hydrogen) atoms. The summed E-state index contributed by atoms with van der Waals surface area (Å²) in [6, 6.07) is 12.0. The number of pyridine rings is 1. The maximum Gasteiger partial charge on any atom is 0.333 e. The number of aromatic nitrogens is 3. The van der Waals surface area contributed by atoms with Gasteiger partial charge in [0.25, 0.3) is 5.56 Å². The van der Waals surface area contributed by atoms with Crippen molar-refractivity contribution in [2.24, 2.45) is 14.1 Å². The third-order valence-electron chi connectivity index (χ3n) is 6.82. The summed E-state index contributed by atoms with van der Waals surface area (Å²) in [4.78, 5) is 35.9. The Bertz CT molecular complexity index is 1690. The number of amides is 1. The average molecular weight is 533 g/mol. The first kappa shape index (κ1) is 26.6. The maximum atomic E-state index is 12.4. The highest BCUT2D eigenvalue weighted by Crippen LogP contribution is 2.39. The molecule has 194 valence electrons. The van der Waals surface area contributed by atoms with Gasteiger partial charge in [-0.05, 0) is 37.6 Å². The second-order valence-corrected chi connectivity index (χ2v) is 9.82. The minimum atomic E-state index is -0.635. The summed E-state index contributed by atoms with van der Waals surface area (Å²) >= 11 is 5.58. The van der Waals surface area contributed by atoms with Crippen LogP contribution in [0.4, 0.5) is 0 Å². The molecule has 2 aromatic heterocycles. The summed E-state index contributed by atoms with van der Waals surface area (Å²) in [6.07, 6.45) is 6.35. The Hall–Kier alpha value is -4.42. The largest absolute Gasteiger partial charge is 0.494 e. The first-order chi connectivity index (χ1) is 18.0. The lowest BCUT2D eigenvalue weighted by Gasteiger charge is -2.15. The maximum absolute atomic E-state index is 12.4. The van der Waals surface area contributed by atoms with Crippen LogP contribution in [-0.2, 0) is 30.8 Å². The van der Waals surface area contributed by atoms with Crippen molar-refractivity contribution >= 4 is 29.2 Å². The van der Waals surface area contributed by atoms with Gasteiger partial charge >= 0.3 is 5.69 Å². The number of carbonyl (C=O) groups excluding carboxylic acids is 1. The van der Waals surface area contributed by atoms with Crippen LogP contribution < -0.4 is 21.1 Å². The van der Waals surface area contributed by atoms with E-state index in [1.165, 1.54) is 26.2 Å². The number of hydrogen-bond donors (Lipinski definition) is 2. The summed E-state index contributed by atoms with van der Waals surface area (Å²) in [6.45, 7) is 4.58. The molecule has 1 amide bonds. The molecule has 0 bridgehead atoms. The topological polar surface area (TPSA) is 121 Å². The Morgan fingerprint density at radius 2 is 1.95 bits per heavy atom. The lowest BCUT2D eigenvalue weighted by molar-refractivity contribution is -0.599. The van der Waals surface area contributed by atoms with Crippen molar-refractivity contribution in [3.63, 3.8) is 0 Å². The molecule has 0 spiro atoms. The lowest BCUT2D eigenvalue weighted by atomic mass is 9.82. The zero-order valence-corrected chi connectivity index (χ0v) is 22.2. The van der Waals surface area contributed by atoms with E-state index < -0.39 is 17.1 Å². The number of nitrogens with one attached hydrogen (secondary N) is 1. The zero-order valence-electron chi connectivity index (χ0n) is 21.4. The van der Waals surface area contributed by atoms with Crippen molar-refractivity contribution in [2.75, 3.05) is 5.88 Å². The highest BCUT2D eigenvalue weighted by molar-refractivity contribution is 6.27. The number of alkyl halides is 1. The number of rotatable bonds is 6. The van der Waals surface area contributed by atoms with Crippen LogP contribution >= 0.6 is 11.6 Å². The first-order valence-electron chi connectivity index (χ1n) is 11.8. The van der Waals surface area contributed by atoms with Crippen molar-refractivity contribution in [1.82, 2.24) is 14.5 Å². The van der Waals surface area contributed by atoms with Crippen molar-refractivity contribution in [3.8, 4) is 17.6 Å². The number of nitrogens with zero attached hydrogens (tertiary/aromatic N) is 4. The fourth-order valence-electron chi connectivity index (χ4n) is 4.59. The van der Waals surface area contributed by atoms with Gasteiger partial charge in [0.15, 0.2) is 11.9 Å². The molecule has 0 aliphatic carbocycles. The van der Waals surface area contributed by atoms with E-state index in [2.05, 4.69) is 35.9 Å². The summed E-state index contributed by atoms with van der Waals surface area (Å²) < 4.78 is 3.96. The molecule has 3 aromatic rings. The van der Waals surface area contributed by atoms with Crippen LogP contribution in [0.3, 0.4) is 0 Å². The Morgan fingerprint density at radius 1 is 1.21 bits per heavy atom. The normalized spacial score (nSPS) is 13.7. The van der Waals surface area contributed by atoms with Gasteiger partial charge in [-0.15, -0.1) is 11.6 Å². The third kappa shape index (κ3) is 4.55. The molecule has 1 aromatic carbocycles. The van der Waals surface area contributed by atoms with Gasteiger partial charge in [-0.3, -0.25) is 18.7 Å². The zero-order chi connectivity index (χ0) is 27.8. The van der Waals surface area contributed by atoms with Crippen LogP contribution in [0.5, 0.6) is 5.88 Å². The molecule has 0 saturated heterocycles. The minimum Gasteiger partial charge on any atom is -0.494 e. The molecule has 0 atom stereocenters. The van der Waals surface area contributed by atoms with E-state index in [9.17, 15) is 24.8 Å². The quantitative estimate of drug-likeness (QED) is 0.218. The van der Waals surface area contributed by atoms with Crippen LogP contribution in [0.15, 0.2) is 58.3 Å². The number of halogens is 1. The molecule has 3 heterocycles. The van der Waals surface area contributed by atoms with Gasteiger partial charge in [0, 0.05) is 50.0 Å². The van der Waals surface area contributed by atoms with Gasteiger partial charge in [-0.2, -0.15) is 9.83 Å². The minimum absolute atomic E-state index is 0.0535. The van der Waals surface area contributed by atoms with Crippen LogP contribution in [-0.4, -0.2) is 26.0 Å². The molecule has 1 aliphatic heterocycles. The molecule has 0 saturated carbocycles. The molecule has 1 aliphatic rings. The van der Waals surface area contributed by atoms with E-state index in [0.29, 0.717) is 17.7 Å². The third-order valence-corrected chi connectivity index (χ3v) is 7.07. The second-order valence-electron chi connectivity index (χ2n) is 9.55. The predicted molar refractivity (Wildman–Crippen MR) is 144 cm³/mol. The summed E-state index contributed by atoms with van der Waals surface area (Å²) in [5, 5.41) is 22.9. The highest BCUT2D eigenvalue weighted by Gasteiger charge is 2.43. The Labute approximate surface area is 224 Å². The van der Waals surface area contributed by atoms with Gasteiger partial charge in [0.1, 0.15) is 11.4 Å². The lowest BCUT2D eigenvalue weighted by Crippen LogP contribution is -2.37. The first-order valence-corrected chi connectivity index (χ1v) is 12.3. The highest BCUT2D eigenvalue weighted by atomic mass is 35.5. The molecular formula is C28H27ClN5O4+. The van der Waals surface area contributed by atoms with E-state index in [1.54, 1.807) is 6.08 Å². The number of carbonyl (C=O) groups is 1. The predicted octanol–water partition coefficient (Wildman–Crippen LogP) is 2.18. The van der Waals surface area contributed by atoms with Crippen LogP contribution in [0.1, 0.15) is 41.8 Å². The summed E-state index contributed by atoms with van der Waals surface area (Å²) in [5.74, 6) is -0.769. The SMILES string of the molecule is Cn1c(O)c(C=CC=C(C#N)c2cc[n+]3c(c2)C(C)(C)c2cc(CNC(=O)CCl)ccc2-3)c(=O)n(C)c1=O. The number of fused-ring (bicyclic) bond motifs is 3. The molecule has 0 fully saturated rings. The fraction of sp³-hybridized carbons (Fsp3) is 0.250. The summed E-state index contributed by atoms with van der Waals surface area (Å²) in [7, 11) is 2.70. The van der Waals surface area contributed by atoms with Gasteiger partial charge in [-0.1, -0.05) is 12.1 Å². The smallest absolute Gasteiger partial charge is 0.333 e. The van der Waals surface area contributed by atoms with Crippen molar-refractivity contribution in [3.05, 3.63) is 97.5 Å². The molecule has 0 unspecified atom stereocenters. The van der Waals surface area contributed by atoms with E-state index in [0.717, 1.165) is 31.6 Å². The number of hydrogen-bond acceptors (Lipinski definition) is 5. The molecule has 2 N–H and O–H groups in total. The van der Waals surface area contributed by atoms with Crippen molar-refractivity contribution in [2.45, 2.75) is 25.8 Å². The molecule has 0 radical (unpaired) electrons. The number of nitriles is 1. The van der Waals surface area contributed by atoms with Crippen LogP contribution in [0, 0.1) is 11.3 Å². The van der Waals surface area contributed by atoms with Gasteiger partial charge in [0.05, 0.1) is 17.1 Å². The molecule has 9 nitrogen and oxygen atoms in total. The number of allylic oxidation sites excluding steroid dienone is 3. The van der Waals surface area contributed by atoms with Gasteiger partial charge in [0.2, 0.25) is 17.5 Å². The molecular weight excluding hydrogens is 506 g/mol. The number of aromatic hydroxyl groups is 1.